The van der Waals surface area contributed by atoms with E-state index >= 15 is 0 Å². The second-order valence-corrected chi connectivity index (χ2v) is 6.48. The lowest BCUT2D eigenvalue weighted by molar-refractivity contribution is 0.324. The summed E-state index contributed by atoms with van der Waals surface area (Å²) in [5.41, 5.74) is 3.31. The maximum absolute atomic E-state index is 5.42. The fourth-order valence-electron chi connectivity index (χ4n) is 3.02. The van der Waals surface area contributed by atoms with Crippen LogP contribution < -0.4 is 19.1 Å². The normalized spacial score (nSPS) is 11.0. The van der Waals surface area contributed by atoms with E-state index in [1.165, 1.54) is 16.5 Å². The summed E-state index contributed by atoms with van der Waals surface area (Å²) in [5, 5.41) is 2.44. The highest BCUT2D eigenvalue weighted by atomic mass is 16.5. The molecule has 0 aromatic heterocycles. The fourth-order valence-corrected chi connectivity index (χ4v) is 3.02. The van der Waals surface area contributed by atoms with Gasteiger partial charge in [-0.3, -0.25) is 0 Å². The van der Waals surface area contributed by atoms with Gasteiger partial charge in [0.25, 0.3) is 0 Å². The molecule has 0 heterocycles. The minimum Gasteiger partial charge on any atom is -0.493 e. The third kappa shape index (κ3) is 4.00. The van der Waals surface area contributed by atoms with Crippen molar-refractivity contribution in [3.05, 3.63) is 59.7 Å². The summed E-state index contributed by atoms with van der Waals surface area (Å²) < 4.78 is 16.2. The number of fused-ring (bicyclic) bond motifs is 1. The molecule has 0 N–H and O–H groups in total. The van der Waals surface area contributed by atoms with Crippen LogP contribution in [0.5, 0.6) is 17.2 Å². The van der Waals surface area contributed by atoms with Crippen LogP contribution in [0.25, 0.3) is 22.9 Å². The zero-order chi connectivity index (χ0) is 19.4. The molecule has 4 heteroatoms. The van der Waals surface area contributed by atoms with Crippen LogP contribution in [0.4, 0.5) is 5.69 Å². The van der Waals surface area contributed by atoms with Gasteiger partial charge in [-0.1, -0.05) is 30.4 Å². The molecule has 0 spiro atoms. The minimum absolute atomic E-state index is 0.597. The number of rotatable bonds is 6. The van der Waals surface area contributed by atoms with Crippen LogP contribution in [0.2, 0.25) is 0 Å². The zero-order valence-corrected chi connectivity index (χ0v) is 16.4. The van der Waals surface area contributed by atoms with Crippen LogP contribution in [0, 0.1) is 0 Å². The molecule has 0 fully saturated rings. The standard InChI is InChI=1S/C23H25NO3/c1-24(2)20-11-10-18-12-16(8-9-19(18)15-20)6-7-17-13-21(25-3)23(27-5)22(14-17)26-4/h6-15H,1-5H3/b7-6-. The van der Waals surface area contributed by atoms with Crippen molar-refractivity contribution < 1.29 is 14.2 Å². The van der Waals surface area contributed by atoms with Gasteiger partial charge >= 0.3 is 0 Å². The van der Waals surface area contributed by atoms with Gasteiger partial charge in [-0.05, 0) is 52.2 Å². The van der Waals surface area contributed by atoms with Crippen LogP contribution in [-0.2, 0) is 0 Å². The van der Waals surface area contributed by atoms with Gasteiger partial charge in [-0.15, -0.1) is 0 Å². The minimum atomic E-state index is 0.597. The van der Waals surface area contributed by atoms with E-state index < -0.39 is 0 Å². The molecule has 140 valence electrons. The molecule has 0 bridgehead atoms. The topological polar surface area (TPSA) is 30.9 Å². The van der Waals surface area contributed by atoms with Crippen LogP contribution >= 0.6 is 0 Å². The molecule has 0 aliphatic carbocycles. The van der Waals surface area contributed by atoms with E-state index in [4.69, 9.17) is 14.2 Å². The monoisotopic (exact) mass is 363 g/mol. The molecule has 3 rings (SSSR count). The molecule has 0 saturated heterocycles. The largest absolute Gasteiger partial charge is 0.493 e. The predicted octanol–water partition coefficient (Wildman–Crippen LogP) is 5.10. The van der Waals surface area contributed by atoms with Crippen molar-refractivity contribution in [2.75, 3.05) is 40.3 Å². The number of hydrogen-bond donors (Lipinski definition) is 0. The van der Waals surface area contributed by atoms with Crippen molar-refractivity contribution in [2.24, 2.45) is 0 Å². The zero-order valence-electron chi connectivity index (χ0n) is 16.4. The quantitative estimate of drug-likeness (QED) is 0.570. The van der Waals surface area contributed by atoms with Gasteiger partial charge in [0.1, 0.15) is 0 Å². The van der Waals surface area contributed by atoms with Gasteiger partial charge in [0, 0.05) is 19.8 Å². The summed E-state index contributed by atoms with van der Waals surface area (Å²) >= 11 is 0. The highest BCUT2D eigenvalue weighted by molar-refractivity contribution is 5.88. The highest BCUT2D eigenvalue weighted by Gasteiger charge is 2.11. The van der Waals surface area contributed by atoms with Crippen molar-refractivity contribution in [2.45, 2.75) is 0 Å². The van der Waals surface area contributed by atoms with E-state index in [9.17, 15) is 0 Å². The summed E-state index contributed by atoms with van der Waals surface area (Å²) in [6.45, 7) is 0. The number of methoxy groups -OCH3 is 3. The Hall–Kier alpha value is -3.14. The lowest BCUT2D eigenvalue weighted by Crippen LogP contribution is -2.07. The molecule has 0 saturated carbocycles. The van der Waals surface area contributed by atoms with E-state index in [2.05, 4.69) is 61.5 Å². The molecule has 4 nitrogen and oxygen atoms in total. The average Bonchev–Trinajstić information content (AvgIpc) is 2.70. The van der Waals surface area contributed by atoms with E-state index in [-0.39, 0.29) is 0 Å². The number of nitrogens with zero attached hydrogens (tertiary/aromatic N) is 1. The SMILES string of the molecule is COc1cc(/C=C\c2ccc3cc(N(C)C)ccc3c2)cc(OC)c1OC. The molecule has 0 aliphatic rings. The van der Waals surface area contributed by atoms with Crippen LogP contribution in [0.1, 0.15) is 11.1 Å². The lowest BCUT2D eigenvalue weighted by Gasteiger charge is -2.13. The number of hydrogen-bond acceptors (Lipinski definition) is 4. The molecule has 27 heavy (non-hydrogen) atoms. The van der Waals surface area contributed by atoms with E-state index in [0.717, 1.165) is 11.1 Å². The van der Waals surface area contributed by atoms with Crippen LogP contribution in [0.15, 0.2) is 48.5 Å². The van der Waals surface area contributed by atoms with Crippen LogP contribution in [0.3, 0.4) is 0 Å². The molecule has 0 atom stereocenters. The third-order valence-corrected chi connectivity index (χ3v) is 4.52. The first kappa shape index (κ1) is 18.6. The van der Waals surface area contributed by atoms with Gasteiger partial charge in [-0.2, -0.15) is 0 Å². The van der Waals surface area contributed by atoms with Crippen molar-refractivity contribution in [3.8, 4) is 17.2 Å². The molecule has 0 aliphatic heterocycles. The smallest absolute Gasteiger partial charge is 0.203 e. The second kappa shape index (κ2) is 8.04. The maximum atomic E-state index is 5.42. The van der Waals surface area contributed by atoms with Crippen molar-refractivity contribution in [1.29, 1.82) is 0 Å². The molecule has 3 aromatic rings. The summed E-state index contributed by atoms with van der Waals surface area (Å²) in [6.07, 6.45) is 4.12. The van der Waals surface area contributed by atoms with Crippen molar-refractivity contribution >= 4 is 28.6 Å². The molecule has 0 amide bonds. The molecule has 0 radical (unpaired) electrons. The summed E-state index contributed by atoms with van der Waals surface area (Å²) in [6, 6.07) is 16.8. The van der Waals surface area contributed by atoms with Gasteiger partial charge in [0.15, 0.2) is 11.5 Å². The summed E-state index contributed by atoms with van der Waals surface area (Å²) in [5.74, 6) is 1.89. The Morgan fingerprint density at radius 2 is 1.26 bits per heavy atom. The van der Waals surface area contributed by atoms with Gasteiger partial charge in [-0.25, -0.2) is 0 Å². The van der Waals surface area contributed by atoms with E-state index in [0.29, 0.717) is 17.2 Å². The Morgan fingerprint density at radius 3 is 1.85 bits per heavy atom. The fraction of sp³-hybridized carbons (Fsp3) is 0.217. The lowest BCUT2D eigenvalue weighted by atomic mass is 10.0. The summed E-state index contributed by atoms with van der Waals surface area (Å²) in [7, 11) is 8.95. The Kier molecular flexibility index (Phi) is 5.55. The molecular formula is C23H25NO3. The Balaban J connectivity index is 1.92. The predicted molar refractivity (Wildman–Crippen MR) is 113 cm³/mol. The van der Waals surface area contributed by atoms with E-state index in [1.54, 1.807) is 21.3 Å². The number of ether oxygens (including phenoxy) is 3. The highest BCUT2D eigenvalue weighted by Crippen LogP contribution is 2.38. The molecule has 0 unspecified atom stereocenters. The Labute approximate surface area is 160 Å². The summed E-state index contributed by atoms with van der Waals surface area (Å²) in [4.78, 5) is 2.11. The Morgan fingerprint density at radius 1 is 0.667 bits per heavy atom. The van der Waals surface area contributed by atoms with Gasteiger partial charge < -0.3 is 19.1 Å². The molecular weight excluding hydrogens is 338 g/mol. The van der Waals surface area contributed by atoms with Crippen molar-refractivity contribution in [1.82, 2.24) is 0 Å². The first-order valence-electron chi connectivity index (χ1n) is 8.75. The molecule has 3 aromatic carbocycles. The first-order valence-corrected chi connectivity index (χ1v) is 8.75. The van der Waals surface area contributed by atoms with Crippen molar-refractivity contribution in [3.63, 3.8) is 0 Å². The number of anilines is 1. The Bertz CT molecular complexity index is 952. The maximum Gasteiger partial charge on any atom is 0.203 e. The third-order valence-electron chi connectivity index (χ3n) is 4.52. The van der Waals surface area contributed by atoms with Gasteiger partial charge in [0.2, 0.25) is 5.75 Å². The number of benzene rings is 3. The van der Waals surface area contributed by atoms with Crippen LogP contribution in [-0.4, -0.2) is 35.4 Å². The van der Waals surface area contributed by atoms with Gasteiger partial charge in [0.05, 0.1) is 21.3 Å². The second-order valence-electron chi connectivity index (χ2n) is 6.48. The first-order chi connectivity index (χ1) is 13.0. The average molecular weight is 363 g/mol. The van der Waals surface area contributed by atoms with E-state index in [1.807, 2.05) is 18.2 Å².